The summed E-state index contributed by atoms with van der Waals surface area (Å²) in [5.41, 5.74) is 7.61. The number of aliphatic hydroxyl groups is 1. The van der Waals surface area contributed by atoms with Crippen LogP contribution in [0.3, 0.4) is 0 Å². The SMILES string of the molecule is COc1ccc([C@H]([C@@H](O)CN)N(C)c2ccc(Cl)cc2)cc1. The minimum Gasteiger partial charge on any atom is -0.497 e. The summed E-state index contributed by atoms with van der Waals surface area (Å²) in [6.07, 6.45) is -0.686. The number of hydrogen-bond acceptors (Lipinski definition) is 4. The highest BCUT2D eigenvalue weighted by atomic mass is 35.5. The van der Waals surface area contributed by atoms with Gasteiger partial charge in [-0.3, -0.25) is 0 Å². The average Bonchev–Trinajstić information content (AvgIpc) is 2.56. The first-order valence-corrected chi connectivity index (χ1v) is 7.45. The third-order valence-electron chi connectivity index (χ3n) is 3.71. The second-order valence-corrected chi connectivity index (χ2v) is 5.54. The van der Waals surface area contributed by atoms with E-state index in [2.05, 4.69) is 0 Å². The molecule has 0 saturated heterocycles. The Morgan fingerprint density at radius 2 is 1.73 bits per heavy atom. The summed E-state index contributed by atoms with van der Waals surface area (Å²) in [5, 5.41) is 11.0. The van der Waals surface area contributed by atoms with Crippen molar-refractivity contribution in [2.75, 3.05) is 25.6 Å². The number of anilines is 1. The summed E-state index contributed by atoms with van der Waals surface area (Å²) in [6.45, 7) is 0.175. The van der Waals surface area contributed by atoms with E-state index in [4.69, 9.17) is 22.1 Å². The zero-order valence-corrected chi connectivity index (χ0v) is 13.5. The summed E-state index contributed by atoms with van der Waals surface area (Å²) in [5.74, 6) is 0.777. The van der Waals surface area contributed by atoms with Crippen molar-refractivity contribution < 1.29 is 9.84 Å². The van der Waals surface area contributed by atoms with E-state index in [1.807, 2.05) is 60.5 Å². The third-order valence-corrected chi connectivity index (χ3v) is 3.97. The lowest BCUT2D eigenvalue weighted by atomic mass is 9.99. The summed E-state index contributed by atoms with van der Waals surface area (Å²) < 4.78 is 5.18. The van der Waals surface area contributed by atoms with Crippen molar-refractivity contribution >= 4 is 17.3 Å². The molecule has 0 aliphatic carbocycles. The van der Waals surface area contributed by atoms with E-state index in [1.165, 1.54) is 0 Å². The molecular formula is C17H21ClN2O2. The van der Waals surface area contributed by atoms with Gasteiger partial charge in [0.2, 0.25) is 0 Å². The van der Waals surface area contributed by atoms with Crippen LogP contribution < -0.4 is 15.4 Å². The molecule has 0 aliphatic rings. The van der Waals surface area contributed by atoms with Crippen LogP contribution in [0.5, 0.6) is 5.75 Å². The van der Waals surface area contributed by atoms with E-state index in [0.29, 0.717) is 5.02 Å². The van der Waals surface area contributed by atoms with Gasteiger partial charge in [-0.2, -0.15) is 0 Å². The molecule has 3 N–H and O–H groups in total. The summed E-state index contributed by atoms with van der Waals surface area (Å²) in [4.78, 5) is 2.00. The van der Waals surface area contributed by atoms with Crippen LogP contribution in [-0.4, -0.2) is 31.9 Å². The largest absolute Gasteiger partial charge is 0.497 e. The van der Waals surface area contributed by atoms with E-state index in [9.17, 15) is 5.11 Å². The molecule has 0 fully saturated rings. The van der Waals surface area contributed by atoms with Crippen molar-refractivity contribution in [1.29, 1.82) is 0 Å². The maximum absolute atomic E-state index is 10.4. The van der Waals surface area contributed by atoms with Gasteiger partial charge in [0.25, 0.3) is 0 Å². The van der Waals surface area contributed by atoms with Gasteiger partial charge in [0.15, 0.2) is 0 Å². The number of aliphatic hydroxyl groups excluding tert-OH is 1. The number of likely N-dealkylation sites (N-methyl/N-ethyl adjacent to an activating group) is 1. The average molecular weight is 321 g/mol. The minimum atomic E-state index is -0.686. The lowest BCUT2D eigenvalue weighted by molar-refractivity contribution is 0.150. The predicted molar refractivity (Wildman–Crippen MR) is 90.7 cm³/mol. The predicted octanol–water partition coefficient (Wildman–Crippen LogP) is 2.85. The lowest BCUT2D eigenvalue weighted by Gasteiger charge is -2.33. The minimum absolute atomic E-state index is 0.175. The van der Waals surface area contributed by atoms with Gasteiger partial charge < -0.3 is 20.5 Å². The Hall–Kier alpha value is -1.75. The molecule has 118 valence electrons. The fourth-order valence-electron chi connectivity index (χ4n) is 2.47. The standard InChI is InChI=1S/C17H21ClN2O2/c1-20(14-7-5-13(18)6-8-14)17(16(21)11-19)12-3-9-15(22-2)10-4-12/h3-10,16-17,21H,11,19H2,1-2H3/t16-,17+/m0/s1. The monoisotopic (exact) mass is 320 g/mol. The Kier molecular flexibility index (Phi) is 5.66. The van der Waals surface area contributed by atoms with Crippen LogP contribution in [0.4, 0.5) is 5.69 Å². The molecule has 0 saturated carbocycles. The first-order valence-electron chi connectivity index (χ1n) is 7.07. The highest BCUT2D eigenvalue weighted by Gasteiger charge is 2.25. The van der Waals surface area contributed by atoms with Crippen LogP contribution in [-0.2, 0) is 0 Å². The van der Waals surface area contributed by atoms with Gasteiger partial charge in [0.1, 0.15) is 5.75 Å². The van der Waals surface area contributed by atoms with Gasteiger partial charge in [-0.05, 0) is 42.0 Å². The van der Waals surface area contributed by atoms with Gasteiger partial charge in [-0.15, -0.1) is 0 Å². The molecule has 0 aromatic heterocycles. The van der Waals surface area contributed by atoms with Crippen molar-refractivity contribution in [2.45, 2.75) is 12.1 Å². The van der Waals surface area contributed by atoms with Crippen LogP contribution in [0.2, 0.25) is 5.02 Å². The summed E-state index contributed by atoms with van der Waals surface area (Å²) >= 11 is 5.93. The molecule has 0 heterocycles. The number of benzene rings is 2. The van der Waals surface area contributed by atoms with Crippen molar-refractivity contribution in [3.05, 3.63) is 59.1 Å². The van der Waals surface area contributed by atoms with Gasteiger partial charge in [-0.25, -0.2) is 0 Å². The number of methoxy groups -OCH3 is 1. The van der Waals surface area contributed by atoms with E-state index in [1.54, 1.807) is 7.11 Å². The second-order valence-electron chi connectivity index (χ2n) is 5.11. The normalized spacial score (nSPS) is 13.5. The number of nitrogens with two attached hydrogens (primary N) is 1. The fraction of sp³-hybridized carbons (Fsp3) is 0.294. The maximum atomic E-state index is 10.4. The second kappa shape index (κ2) is 7.49. The lowest BCUT2D eigenvalue weighted by Crippen LogP contribution is -2.38. The molecule has 0 radical (unpaired) electrons. The van der Waals surface area contributed by atoms with Gasteiger partial charge in [0, 0.05) is 24.3 Å². The summed E-state index contributed by atoms with van der Waals surface area (Å²) in [7, 11) is 3.55. The molecule has 5 heteroatoms. The zero-order valence-electron chi connectivity index (χ0n) is 12.7. The molecule has 2 atom stereocenters. The van der Waals surface area contributed by atoms with E-state index in [-0.39, 0.29) is 12.6 Å². The van der Waals surface area contributed by atoms with E-state index < -0.39 is 6.10 Å². The number of nitrogens with zero attached hydrogens (tertiary/aromatic N) is 1. The maximum Gasteiger partial charge on any atom is 0.118 e. The van der Waals surface area contributed by atoms with Crippen LogP contribution in [0.25, 0.3) is 0 Å². The Morgan fingerprint density at radius 1 is 1.14 bits per heavy atom. The van der Waals surface area contributed by atoms with Crippen molar-refractivity contribution in [2.24, 2.45) is 5.73 Å². The van der Waals surface area contributed by atoms with E-state index >= 15 is 0 Å². The van der Waals surface area contributed by atoms with Crippen LogP contribution >= 0.6 is 11.6 Å². The Bertz CT molecular complexity index is 587. The van der Waals surface area contributed by atoms with Crippen molar-refractivity contribution in [3.8, 4) is 5.75 Å². The topological polar surface area (TPSA) is 58.7 Å². The molecule has 0 unspecified atom stereocenters. The molecule has 0 aliphatic heterocycles. The first-order chi connectivity index (χ1) is 10.6. The molecule has 22 heavy (non-hydrogen) atoms. The summed E-state index contributed by atoms with van der Waals surface area (Å²) in [6, 6.07) is 14.9. The highest BCUT2D eigenvalue weighted by Crippen LogP contribution is 2.30. The Balaban J connectivity index is 2.34. The third kappa shape index (κ3) is 3.71. The number of rotatable bonds is 6. The van der Waals surface area contributed by atoms with Gasteiger partial charge in [-0.1, -0.05) is 23.7 Å². The van der Waals surface area contributed by atoms with Crippen molar-refractivity contribution in [3.63, 3.8) is 0 Å². The quantitative estimate of drug-likeness (QED) is 0.859. The molecular weight excluding hydrogens is 300 g/mol. The molecule has 0 spiro atoms. The number of hydrogen-bond donors (Lipinski definition) is 2. The van der Waals surface area contributed by atoms with Gasteiger partial charge in [0.05, 0.1) is 19.3 Å². The molecule has 0 bridgehead atoms. The van der Waals surface area contributed by atoms with Gasteiger partial charge >= 0.3 is 0 Å². The smallest absolute Gasteiger partial charge is 0.118 e. The fourth-order valence-corrected chi connectivity index (χ4v) is 2.60. The molecule has 2 aromatic carbocycles. The Morgan fingerprint density at radius 3 is 2.23 bits per heavy atom. The Labute approximate surface area is 136 Å². The van der Waals surface area contributed by atoms with Crippen LogP contribution in [0, 0.1) is 0 Å². The van der Waals surface area contributed by atoms with Crippen LogP contribution in [0.15, 0.2) is 48.5 Å². The molecule has 4 nitrogen and oxygen atoms in total. The molecule has 2 rings (SSSR count). The molecule has 0 amide bonds. The molecule has 2 aromatic rings. The number of ether oxygens (including phenoxy) is 1. The highest BCUT2D eigenvalue weighted by molar-refractivity contribution is 6.30. The van der Waals surface area contributed by atoms with E-state index in [0.717, 1.165) is 17.0 Å². The zero-order chi connectivity index (χ0) is 16.1. The first kappa shape index (κ1) is 16.6. The van der Waals surface area contributed by atoms with Crippen LogP contribution in [0.1, 0.15) is 11.6 Å². The van der Waals surface area contributed by atoms with Crippen molar-refractivity contribution in [1.82, 2.24) is 0 Å². The number of halogens is 1.